The molecule has 4 rings (SSSR count). The molecule has 3 aromatic rings. The van der Waals surface area contributed by atoms with Crippen molar-refractivity contribution in [3.05, 3.63) is 114 Å². The molecule has 0 aromatic heterocycles. The Morgan fingerprint density at radius 2 is 1.41 bits per heavy atom. The lowest BCUT2D eigenvalue weighted by molar-refractivity contribution is -0.116. The maximum atomic E-state index is 13.9. The summed E-state index contributed by atoms with van der Waals surface area (Å²) in [5.41, 5.74) is 2.26. The first-order chi connectivity index (χ1) is 23.1. The number of hydrogen-bond donors (Lipinski definition) is 1. The molecule has 9 heteroatoms. The van der Waals surface area contributed by atoms with Gasteiger partial charge < -0.3 is 23.6 Å². The zero-order chi connectivity index (χ0) is 35.7. The molecule has 1 heterocycles. The number of carbonyl (C=O) groups is 2. The SMILES string of the molecule is CC(C)(C)OC(=O)N[C@@H](Cc1ccc(OC(C)(C)C)cc1)[C@H]1C/C=C\[C@H]([C@@H](Cc2ccccc2)C(=O)SCc2ccccc2)O[Si](C)(C)O1. The molecule has 1 amide bonds. The highest BCUT2D eigenvalue weighted by atomic mass is 32.2. The molecule has 264 valence electrons. The first-order valence-corrected chi connectivity index (χ1v) is 20.9. The van der Waals surface area contributed by atoms with E-state index in [1.54, 1.807) is 0 Å². The second kappa shape index (κ2) is 17.0. The summed E-state index contributed by atoms with van der Waals surface area (Å²) in [6, 6.07) is 27.7. The van der Waals surface area contributed by atoms with Crippen LogP contribution in [0.1, 0.15) is 64.7 Å². The third-order valence-electron chi connectivity index (χ3n) is 7.72. The fraction of sp³-hybridized carbons (Fsp3) is 0.450. The van der Waals surface area contributed by atoms with Gasteiger partial charge in [0, 0.05) is 5.75 Å². The number of amides is 1. The summed E-state index contributed by atoms with van der Waals surface area (Å²) >= 11 is 1.34. The van der Waals surface area contributed by atoms with Crippen molar-refractivity contribution >= 4 is 31.5 Å². The molecule has 1 N–H and O–H groups in total. The van der Waals surface area contributed by atoms with Gasteiger partial charge in [0.15, 0.2) is 5.12 Å². The average molecular weight is 704 g/mol. The highest BCUT2D eigenvalue weighted by molar-refractivity contribution is 8.13. The van der Waals surface area contributed by atoms with E-state index in [2.05, 4.69) is 17.4 Å². The fourth-order valence-electron chi connectivity index (χ4n) is 5.69. The van der Waals surface area contributed by atoms with Crippen molar-refractivity contribution in [1.82, 2.24) is 5.32 Å². The Balaban J connectivity index is 1.57. The van der Waals surface area contributed by atoms with E-state index >= 15 is 0 Å². The molecular formula is C40H53NO6SSi. The lowest BCUT2D eigenvalue weighted by Crippen LogP contribution is -2.53. The zero-order valence-corrected chi connectivity index (χ0v) is 32.0. The van der Waals surface area contributed by atoms with Crippen LogP contribution in [0.25, 0.3) is 0 Å². The van der Waals surface area contributed by atoms with Gasteiger partial charge in [-0.25, -0.2) is 4.79 Å². The van der Waals surface area contributed by atoms with Crippen molar-refractivity contribution in [3.8, 4) is 5.75 Å². The van der Waals surface area contributed by atoms with E-state index in [1.807, 2.05) is 140 Å². The number of nitrogens with one attached hydrogen (secondary N) is 1. The van der Waals surface area contributed by atoms with Gasteiger partial charge in [0.25, 0.3) is 0 Å². The van der Waals surface area contributed by atoms with Crippen molar-refractivity contribution in [2.75, 3.05) is 0 Å². The third-order valence-corrected chi connectivity index (χ3v) is 10.5. The van der Waals surface area contributed by atoms with Crippen molar-refractivity contribution in [2.24, 2.45) is 5.92 Å². The molecular weight excluding hydrogens is 651 g/mol. The molecule has 0 unspecified atom stereocenters. The molecule has 0 fully saturated rings. The van der Waals surface area contributed by atoms with E-state index in [0.717, 1.165) is 22.4 Å². The predicted molar refractivity (Wildman–Crippen MR) is 201 cm³/mol. The van der Waals surface area contributed by atoms with E-state index in [0.29, 0.717) is 25.0 Å². The smallest absolute Gasteiger partial charge is 0.407 e. The number of ether oxygens (including phenoxy) is 2. The minimum atomic E-state index is -2.85. The molecule has 49 heavy (non-hydrogen) atoms. The molecule has 0 radical (unpaired) electrons. The Morgan fingerprint density at radius 1 is 0.816 bits per heavy atom. The minimum Gasteiger partial charge on any atom is -0.488 e. The monoisotopic (exact) mass is 703 g/mol. The van der Waals surface area contributed by atoms with E-state index in [-0.39, 0.29) is 16.8 Å². The van der Waals surface area contributed by atoms with Gasteiger partial charge in [-0.2, -0.15) is 0 Å². The Hall–Kier alpha value is -3.37. The van der Waals surface area contributed by atoms with Gasteiger partial charge in [-0.15, -0.1) is 0 Å². The average Bonchev–Trinajstić information content (AvgIpc) is 3.00. The molecule has 0 saturated heterocycles. The summed E-state index contributed by atoms with van der Waals surface area (Å²) < 4.78 is 25.3. The fourth-order valence-corrected chi connectivity index (χ4v) is 8.57. The maximum Gasteiger partial charge on any atom is 0.407 e. The molecule has 7 nitrogen and oxygen atoms in total. The first-order valence-electron chi connectivity index (χ1n) is 17.1. The van der Waals surface area contributed by atoms with Crippen LogP contribution in [0.15, 0.2) is 97.1 Å². The highest BCUT2D eigenvalue weighted by Crippen LogP contribution is 2.31. The number of alkyl carbamates (subject to hydrolysis) is 1. The summed E-state index contributed by atoms with van der Waals surface area (Å²) in [5, 5.41) is 3.20. The van der Waals surface area contributed by atoms with Gasteiger partial charge >= 0.3 is 14.7 Å². The van der Waals surface area contributed by atoms with E-state index in [9.17, 15) is 9.59 Å². The highest BCUT2D eigenvalue weighted by Gasteiger charge is 2.40. The summed E-state index contributed by atoms with van der Waals surface area (Å²) in [5.74, 6) is 0.985. The molecule has 3 aromatic carbocycles. The van der Waals surface area contributed by atoms with Gasteiger partial charge in [-0.3, -0.25) is 4.79 Å². The number of thioether (sulfide) groups is 1. The normalized spacial score (nSPS) is 19.8. The Labute approximate surface area is 298 Å². The molecule has 0 bridgehead atoms. The van der Waals surface area contributed by atoms with E-state index in [1.165, 1.54) is 11.8 Å². The van der Waals surface area contributed by atoms with E-state index in [4.69, 9.17) is 18.3 Å². The quantitative estimate of drug-likeness (QED) is 0.158. The van der Waals surface area contributed by atoms with Crippen LogP contribution >= 0.6 is 11.8 Å². The summed E-state index contributed by atoms with van der Waals surface area (Å²) in [7, 11) is -2.85. The summed E-state index contributed by atoms with van der Waals surface area (Å²) in [6.07, 6.45) is 4.35. The van der Waals surface area contributed by atoms with Crippen molar-refractivity contribution in [1.29, 1.82) is 0 Å². The van der Waals surface area contributed by atoms with Crippen LogP contribution in [0.2, 0.25) is 13.1 Å². The number of hydrogen-bond acceptors (Lipinski definition) is 7. The molecule has 4 atom stereocenters. The molecule has 1 aliphatic rings. The topological polar surface area (TPSA) is 83.1 Å². The maximum absolute atomic E-state index is 13.9. The van der Waals surface area contributed by atoms with Crippen molar-refractivity contribution < 1.29 is 27.9 Å². The second-order valence-corrected chi connectivity index (χ2v) is 19.3. The lowest BCUT2D eigenvalue weighted by atomic mass is 9.94. The Morgan fingerprint density at radius 3 is 2.00 bits per heavy atom. The largest absolute Gasteiger partial charge is 0.488 e. The van der Waals surface area contributed by atoms with Crippen LogP contribution in [-0.2, 0) is 37.0 Å². The van der Waals surface area contributed by atoms with Crippen LogP contribution in [-0.4, -0.2) is 49.2 Å². The molecule has 1 aliphatic heterocycles. The minimum absolute atomic E-state index is 0.0904. The van der Waals surface area contributed by atoms with Crippen LogP contribution in [0, 0.1) is 5.92 Å². The van der Waals surface area contributed by atoms with Crippen LogP contribution in [0.3, 0.4) is 0 Å². The van der Waals surface area contributed by atoms with Crippen LogP contribution in [0.5, 0.6) is 5.75 Å². The molecule has 0 saturated carbocycles. The first kappa shape index (κ1) is 38.4. The number of carbonyl (C=O) groups excluding carboxylic acids is 2. The van der Waals surface area contributed by atoms with Gasteiger partial charge in [0.2, 0.25) is 0 Å². The van der Waals surface area contributed by atoms with Crippen LogP contribution in [0.4, 0.5) is 4.79 Å². The predicted octanol–water partition coefficient (Wildman–Crippen LogP) is 9.05. The number of rotatable bonds is 11. The second-order valence-electron chi connectivity index (χ2n) is 15.0. The lowest BCUT2D eigenvalue weighted by Gasteiger charge is -2.38. The Bertz CT molecular complexity index is 1520. The standard InChI is InChI=1S/C40H53NO6SSi/c1-39(2,3)44-32-24-22-30(23-25-32)27-34(41-38(43)45-40(4,5)6)36-21-15-20-35(46-49(7,8)47-36)33(26-29-16-11-9-12-17-29)37(42)48-28-31-18-13-10-14-19-31/h9-20,22-25,33-36H,21,26-28H2,1-8H3,(H,41,43)/b20-15-/t33-,34+,35-,36-/m1/s1. The van der Waals surface area contributed by atoms with Gasteiger partial charge in [0.1, 0.15) is 17.0 Å². The van der Waals surface area contributed by atoms with Gasteiger partial charge in [-0.05, 0) is 103 Å². The van der Waals surface area contributed by atoms with Gasteiger partial charge in [0.05, 0.1) is 24.2 Å². The summed E-state index contributed by atoms with van der Waals surface area (Å²) in [4.78, 5) is 27.0. The third kappa shape index (κ3) is 13.5. The molecule has 0 aliphatic carbocycles. The number of benzene rings is 3. The van der Waals surface area contributed by atoms with E-state index < -0.39 is 38.3 Å². The van der Waals surface area contributed by atoms with Crippen molar-refractivity contribution in [2.45, 2.75) is 109 Å². The summed E-state index contributed by atoms with van der Waals surface area (Å²) in [6.45, 7) is 15.6. The zero-order valence-electron chi connectivity index (χ0n) is 30.2. The van der Waals surface area contributed by atoms with Crippen molar-refractivity contribution in [3.63, 3.8) is 0 Å². The van der Waals surface area contributed by atoms with Crippen LogP contribution < -0.4 is 10.1 Å². The Kier molecular flexibility index (Phi) is 13.4. The molecule has 0 spiro atoms. The van der Waals surface area contributed by atoms with Gasteiger partial charge in [-0.1, -0.05) is 96.7 Å².